The van der Waals surface area contributed by atoms with Crippen LogP contribution in [0.1, 0.15) is 36.8 Å². The van der Waals surface area contributed by atoms with Gasteiger partial charge < -0.3 is 14.7 Å². The maximum absolute atomic E-state index is 11.8. The van der Waals surface area contributed by atoms with Gasteiger partial charge in [-0.2, -0.15) is 9.10 Å². The van der Waals surface area contributed by atoms with Gasteiger partial charge in [0.05, 0.1) is 26.0 Å². The minimum atomic E-state index is -3.15. The average molecular weight is 465 g/mol. The summed E-state index contributed by atoms with van der Waals surface area (Å²) in [6, 6.07) is 5.99. The summed E-state index contributed by atoms with van der Waals surface area (Å²) in [5.74, 6) is 2.18. The number of hydrogen-bond acceptors (Lipinski definition) is 8. The minimum absolute atomic E-state index is 0.00713. The molecule has 11 heteroatoms. The highest BCUT2D eigenvalue weighted by Crippen LogP contribution is 2.26. The molecule has 2 aliphatic rings. The number of ether oxygens (including phenoxy) is 1. The van der Waals surface area contributed by atoms with Crippen LogP contribution in [0.4, 0.5) is 5.95 Å². The van der Waals surface area contributed by atoms with Gasteiger partial charge in [0.1, 0.15) is 5.75 Å². The van der Waals surface area contributed by atoms with Crippen molar-refractivity contribution in [1.29, 1.82) is 0 Å². The van der Waals surface area contributed by atoms with E-state index in [1.807, 2.05) is 12.1 Å². The molecule has 0 spiro atoms. The summed E-state index contributed by atoms with van der Waals surface area (Å²) >= 11 is 0. The Balaban J connectivity index is 1.17. The van der Waals surface area contributed by atoms with E-state index in [2.05, 4.69) is 26.4 Å². The number of rotatable bonds is 9. The third kappa shape index (κ3) is 5.76. The van der Waals surface area contributed by atoms with E-state index in [1.54, 1.807) is 0 Å². The fourth-order valence-electron chi connectivity index (χ4n) is 4.41. The zero-order chi connectivity index (χ0) is 22.6. The van der Waals surface area contributed by atoms with Crippen molar-refractivity contribution in [2.75, 3.05) is 44.0 Å². The van der Waals surface area contributed by atoms with Crippen LogP contribution in [0, 0.1) is 5.92 Å². The highest BCUT2D eigenvalue weighted by Gasteiger charge is 2.24. The van der Waals surface area contributed by atoms with Gasteiger partial charge in [0, 0.05) is 26.2 Å². The lowest BCUT2D eigenvalue weighted by molar-refractivity contribution is 0.259. The highest BCUT2D eigenvalue weighted by molar-refractivity contribution is 7.88. The standard InChI is InChI=1S/C21H32N6O4S/c1-32(29,30)26-11-8-18-15-20(5-4-19(18)16-26)31-14-2-3-17-6-9-25(10-7-17)21-22-24-27(23-21)12-13-28/h4-5,15,17,28H,2-3,6-14,16H2,1H3. The van der Waals surface area contributed by atoms with Crippen LogP contribution < -0.4 is 9.64 Å². The quantitative estimate of drug-likeness (QED) is 0.548. The molecule has 10 nitrogen and oxygen atoms in total. The molecule has 0 bridgehead atoms. The van der Waals surface area contributed by atoms with Gasteiger partial charge in [0.25, 0.3) is 5.95 Å². The molecule has 0 aliphatic carbocycles. The summed E-state index contributed by atoms with van der Waals surface area (Å²) in [4.78, 5) is 3.59. The zero-order valence-corrected chi connectivity index (χ0v) is 19.4. The van der Waals surface area contributed by atoms with Gasteiger partial charge in [-0.15, -0.1) is 5.10 Å². The molecule has 4 rings (SSSR count). The first-order valence-corrected chi connectivity index (χ1v) is 13.1. The first-order valence-electron chi connectivity index (χ1n) is 11.3. The summed E-state index contributed by atoms with van der Waals surface area (Å²) in [7, 11) is -3.15. The van der Waals surface area contributed by atoms with Crippen molar-refractivity contribution >= 4 is 16.0 Å². The normalized spacial score (nSPS) is 18.0. The van der Waals surface area contributed by atoms with Crippen LogP contribution in [-0.4, -0.2) is 77.1 Å². The number of tetrazole rings is 1. The number of sulfonamides is 1. The van der Waals surface area contributed by atoms with Gasteiger partial charge in [-0.3, -0.25) is 0 Å². The molecule has 0 amide bonds. The third-order valence-electron chi connectivity index (χ3n) is 6.29. The van der Waals surface area contributed by atoms with Crippen molar-refractivity contribution in [2.45, 2.75) is 45.2 Å². The molecular weight excluding hydrogens is 432 g/mol. The van der Waals surface area contributed by atoms with Gasteiger partial charge in [0.15, 0.2) is 0 Å². The van der Waals surface area contributed by atoms with Crippen molar-refractivity contribution in [2.24, 2.45) is 5.92 Å². The largest absolute Gasteiger partial charge is 0.494 e. The number of piperidine rings is 1. The van der Waals surface area contributed by atoms with Crippen molar-refractivity contribution in [3.8, 4) is 5.75 Å². The molecular formula is C21H32N6O4S. The molecule has 0 atom stereocenters. The molecule has 2 aliphatic heterocycles. The molecule has 0 unspecified atom stereocenters. The fourth-order valence-corrected chi connectivity index (χ4v) is 5.20. The summed E-state index contributed by atoms with van der Waals surface area (Å²) < 4.78 is 31.0. The number of hydrogen-bond donors (Lipinski definition) is 1. The van der Waals surface area contributed by atoms with E-state index < -0.39 is 10.0 Å². The number of fused-ring (bicyclic) bond motifs is 1. The number of aliphatic hydroxyl groups excluding tert-OH is 1. The Hall–Kier alpha value is -2.24. The predicted octanol–water partition coefficient (Wildman–Crippen LogP) is 1.06. The van der Waals surface area contributed by atoms with Crippen LogP contribution in [0.2, 0.25) is 0 Å². The van der Waals surface area contributed by atoms with E-state index >= 15 is 0 Å². The fraction of sp³-hybridized carbons (Fsp3) is 0.667. The predicted molar refractivity (Wildman–Crippen MR) is 120 cm³/mol. The summed E-state index contributed by atoms with van der Waals surface area (Å²) in [5.41, 5.74) is 2.24. The van der Waals surface area contributed by atoms with Crippen LogP contribution in [0.15, 0.2) is 18.2 Å². The third-order valence-corrected chi connectivity index (χ3v) is 7.54. The molecule has 3 heterocycles. The minimum Gasteiger partial charge on any atom is -0.494 e. The lowest BCUT2D eigenvalue weighted by atomic mass is 9.92. The second-order valence-electron chi connectivity index (χ2n) is 8.61. The number of aromatic nitrogens is 4. The topological polar surface area (TPSA) is 114 Å². The van der Waals surface area contributed by atoms with E-state index in [-0.39, 0.29) is 6.61 Å². The maximum atomic E-state index is 11.8. The number of aliphatic hydroxyl groups is 1. The van der Waals surface area contributed by atoms with Crippen LogP contribution in [-0.2, 0) is 29.5 Å². The molecule has 0 radical (unpaired) electrons. The van der Waals surface area contributed by atoms with E-state index in [4.69, 9.17) is 9.84 Å². The van der Waals surface area contributed by atoms with Crippen molar-refractivity contribution < 1.29 is 18.3 Å². The van der Waals surface area contributed by atoms with Gasteiger partial charge in [0.2, 0.25) is 10.0 Å². The van der Waals surface area contributed by atoms with Gasteiger partial charge in [-0.05, 0) is 66.5 Å². The van der Waals surface area contributed by atoms with Gasteiger partial charge >= 0.3 is 0 Å². The van der Waals surface area contributed by atoms with E-state index in [0.717, 1.165) is 56.5 Å². The van der Waals surface area contributed by atoms with Gasteiger partial charge in [-0.25, -0.2) is 8.42 Å². The Kier molecular flexibility index (Phi) is 7.27. The molecule has 32 heavy (non-hydrogen) atoms. The van der Waals surface area contributed by atoms with Crippen LogP contribution in [0.3, 0.4) is 0 Å². The van der Waals surface area contributed by atoms with E-state index in [0.29, 0.717) is 38.1 Å². The maximum Gasteiger partial charge on any atom is 0.266 e. The Morgan fingerprint density at radius 2 is 2.00 bits per heavy atom. The zero-order valence-electron chi connectivity index (χ0n) is 18.6. The number of anilines is 1. The lowest BCUT2D eigenvalue weighted by Gasteiger charge is -2.30. The van der Waals surface area contributed by atoms with Crippen LogP contribution >= 0.6 is 0 Å². The summed E-state index contributed by atoms with van der Waals surface area (Å²) in [5, 5.41) is 21.3. The van der Waals surface area contributed by atoms with Crippen LogP contribution in [0.25, 0.3) is 0 Å². The second kappa shape index (κ2) is 10.1. The Labute approximate surface area is 189 Å². The van der Waals surface area contributed by atoms with Crippen molar-refractivity contribution in [3.05, 3.63) is 29.3 Å². The first-order chi connectivity index (χ1) is 15.4. The Bertz CT molecular complexity index is 1000. The summed E-state index contributed by atoms with van der Waals surface area (Å²) in [6.07, 6.45) is 6.33. The average Bonchev–Trinajstić information content (AvgIpc) is 3.25. The molecule has 1 aromatic carbocycles. The molecule has 1 aromatic heterocycles. The van der Waals surface area contributed by atoms with Crippen molar-refractivity contribution in [3.63, 3.8) is 0 Å². The molecule has 1 fully saturated rings. The molecule has 1 saturated heterocycles. The molecule has 1 N–H and O–H groups in total. The Morgan fingerprint density at radius 1 is 1.19 bits per heavy atom. The second-order valence-corrected chi connectivity index (χ2v) is 10.6. The van der Waals surface area contributed by atoms with E-state index in [1.165, 1.54) is 20.9 Å². The van der Waals surface area contributed by atoms with Crippen LogP contribution in [0.5, 0.6) is 5.75 Å². The first kappa shape index (κ1) is 22.9. The molecule has 176 valence electrons. The lowest BCUT2D eigenvalue weighted by Crippen LogP contribution is -2.35. The molecule has 0 saturated carbocycles. The Morgan fingerprint density at radius 3 is 2.75 bits per heavy atom. The molecule has 2 aromatic rings. The van der Waals surface area contributed by atoms with Crippen molar-refractivity contribution in [1.82, 2.24) is 24.5 Å². The van der Waals surface area contributed by atoms with E-state index in [9.17, 15) is 8.42 Å². The number of nitrogens with zero attached hydrogens (tertiary/aromatic N) is 6. The number of benzene rings is 1. The highest BCUT2D eigenvalue weighted by atomic mass is 32.2. The monoisotopic (exact) mass is 464 g/mol. The smallest absolute Gasteiger partial charge is 0.266 e. The SMILES string of the molecule is CS(=O)(=O)N1CCc2cc(OCCCC3CCN(c4nnn(CCO)n4)CC3)ccc2C1. The van der Waals surface area contributed by atoms with Gasteiger partial charge in [-0.1, -0.05) is 11.2 Å². The summed E-state index contributed by atoms with van der Waals surface area (Å²) in [6.45, 7) is 3.88.